The van der Waals surface area contributed by atoms with Gasteiger partial charge in [-0.25, -0.2) is 0 Å². The second-order valence-electron chi connectivity index (χ2n) is 4.69. The van der Waals surface area contributed by atoms with E-state index in [-0.39, 0.29) is 0 Å². The van der Waals surface area contributed by atoms with Gasteiger partial charge in [-0.2, -0.15) is 13.2 Å². The zero-order valence-corrected chi connectivity index (χ0v) is 12.2. The van der Waals surface area contributed by atoms with E-state index in [0.717, 1.165) is 23.4 Å². The van der Waals surface area contributed by atoms with E-state index in [4.69, 9.17) is 4.74 Å². The Morgan fingerprint density at radius 1 is 0.955 bits per heavy atom. The Morgan fingerprint density at radius 2 is 1.55 bits per heavy atom. The molecular weight excluding hydrogens is 291 g/mol. The van der Waals surface area contributed by atoms with E-state index in [2.05, 4.69) is 5.32 Å². The maximum atomic E-state index is 12.6. The lowest BCUT2D eigenvalue weighted by atomic mass is 10.1. The van der Waals surface area contributed by atoms with Gasteiger partial charge in [-0.1, -0.05) is 30.3 Å². The highest BCUT2D eigenvalue weighted by Crippen LogP contribution is 2.31. The molecule has 0 atom stereocenters. The SMILES string of the molecule is CN/C(C)=C(/Oc1ccc(C(F)(F)F)cc1)c1ccccc1. The molecule has 0 saturated carbocycles. The molecule has 0 aliphatic carbocycles. The van der Waals surface area contributed by atoms with E-state index in [1.54, 1.807) is 7.05 Å². The number of rotatable bonds is 4. The number of alkyl halides is 3. The van der Waals surface area contributed by atoms with Crippen molar-refractivity contribution in [2.45, 2.75) is 13.1 Å². The molecule has 22 heavy (non-hydrogen) atoms. The average Bonchev–Trinajstić information content (AvgIpc) is 2.52. The summed E-state index contributed by atoms with van der Waals surface area (Å²) in [5.41, 5.74) is 0.927. The number of halogens is 3. The summed E-state index contributed by atoms with van der Waals surface area (Å²) in [5, 5.41) is 2.99. The molecule has 0 aromatic heterocycles. The highest BCUT2D eigenvalue weighted by atomic mass is 19.4. The Morgan fingerprint density at radius 3 is 2.05 bits per heavy atom. The summed E-state index contributed by atoms with van der Waals surface area (Å²) < 4.78 is 43.5. The molecule has 0 heterocycles. The van der Waals surface area contributed by atoms with Gasteiger partial charge in [-0.15, -0.1) is 0 Å². The largest absolute Gasteiger partial charge is 0.455 e. The van der Waals surface area contributed by atoms with Gasteiger partial charge in [-0.05, 0) is 31.2 Å². The van der Waals surface area contributed by atoms with E-state index < -0.39 is 11.7 Å². The van der Waals surface area contributed by atoms with Gasteiger partial charge in [0.25, 0.3) is 0 Å². The third-order valence-electron chi connectivity index (χ3n) is 3.15. The van der Waals surface area contributed by atoms with Crippen LogP contribution in [0.2, 0.25) is 0 Å². The second kappa shape index (κ2) is 6.56. The molecule has 0 fully saturated rings. The monoisotopic (exact) mass is 307 g/mol. The van der Waals surface area contributed by atoms with Gasteiger partial charge in [0.05, 0.1) is 11.3 Å². The van der Waals surface area contributed by atoms with Crippen LogP contribution in [0.1, 0.15) is 18.1 Å². The molecule has 5 heteroatoms. The lowest BCUT2D eigenvalue weighted by molar-refractivity contribution is -0.137. The van der Waals surface area contributed by atoms with Crippen LogP contribution in [-0.4, -0.2) is 7.05 Å². The molecule has 0 aliphatic heterocycles. The van der Waals surface area contributed by atoms with Crippen molar-refractivity contribution in [3.63, 3.8) is 0 Å². The van der Waals surface area contributed by atoms with Crippen LogP contribution in [-0.2, 0) is 6.18 Å². The summed E-state index contributed by atoms with van der Waals surface area (Å²) >= 11 is 0. The number of allylic oxidation sites excluding steroid dienone is 1. The zero-order valence-electron chi connectivity index (χ0n) is 12.2. The van der Waals surface area contributed by atoms with Crippen molar-refractivity contribution in [1.29, 1.82) is 0 Å². The van der Waals surface area contributed by atoms with Gasteiger partial charge in [0.1, 0.15) is 5.75 Å². The van der Waals surface area contributed by atoms with Crippen molar-refractivity contribution in [3.8, 4) is 5.75 Å². The minimum absolute atomic E-state index is 0.349. The molecule has 0 saturated heterocycles. The summed E-state index contributed by atoms with van der Waals surface area (Å²) in [6.07, 6.45) is -4.35. The third kappa shape index (κ3) is 3.81. The Bertz CT molecular complexity index is 646. The van der Waals surface area contributed by atoms with E-state index in [1.165, 1.54) is 12.1 Å². The molecular formula is C17H16F3NO. The van der Waals surface area contributed by atoms with Crippen LogP contribution in [0, 0.1) is 0 Å². The third-order valence-corrected chi connectivity index (χ3v) is 3.15. The summed E-state index contributed by atoms with van der Waals surface area (Å²) in [6.45, 7) is 1.84. The number of hydrogen-bond acceptors (Lipinski definition) is 2. The van der Waals surface area contributed by atoms with E-state index >= 15 is 0 Å². The maximum Gasteiger partial charge on any atom is 0.416 e. The van der Waals surface area contributed by atoms with Gasteiger partial charge < -0.3 is 10.1 Å². The van der Waals surface area contributed by atoms with Crippen LogP contribution >= 0.6 is 0 Å². The Balaban J connectivity index is 2.29. The number of nitrogens with one attached hydrogen (secondary N) is 1. The molecule has 2 rings (SSSR count). The molecule has 2 aromatic rings. The summed E-state index contributed by atoms with van der Waals surface area (Å²) in [6, 6.07) is 14.0. The zero-order chi connectivity index (χ0) is 16.2. The summed E-state index contributed by atoms with van der Waals surface area (Å²) in [7, 11) is 1.76. The highest BCUT2D eigenvalue weighted by Gasteiger charge is 2.30. The molecule has 0 bridgehead atoms. The van der Waals surface area contributed by atoms with Crippen LogP contribution in [0.3, 0.4) is 0 Å². The topological polar surface area (TPSA) is 21.3 Å². The first-order valence-electron chi connectivity index (χ1n) is 6.71. The number of hydrogen-bond donors (Lipinski definition) is 1. The van der Waals surface area contributed by atoms with Crippen LogP contribution in [0.4, 0.5) is 13.2 Å². The molecule has 1 N–H and O–H groups in total. The first-order chi connectivity index (χ1) is 10.4. The van der Waals surface area contributed by atoms with Crippen molar-refractivity contribution in [2.24, 2.45) is 0 Å². The quantitative estimate of drug-likeness (QED) is 0.827. The predicted molar refractivity (Wildman–Crippen MR) is 80.2 cm³/mol. The number of benzene rings is 2. The Hall–Kier alpha value is -2.43. The lowest BCUT2D eigenvalue weighted by Gasteiger charge is -2.15. The van der Waals surface area contributed by atoms with E-state index in [0.29, 0.717) is 11.5 Å². The number of ether oxygens (including phenoxy) is 1. The van der Waals surface area contributed by atoms with Gasteiger partial charge in [0.15, 0.2) is 5.76 Å². The fourth-order valence-corrected chi connectivity index (χ4v) is 1.88. The van der Waals surface area contributed by atoms with E-state index in [1.807, 2.05) is 37.3 Å². The van der Waals surface area contributed by atoms with Crippen LogP contribution in [0.15, 0.2) is 60.3 Å². The molecule has 0 radical (unpaired) electrons. The molecule has 0 spiro atoms. The molecule has 116 valence electrons. The highest BCUT2D eigenvalue weighted by molar-refractivity contribution is 5.64. The Labute approximate surface area is 127 Å². The Kier molecular flexibility index (Phi) is 4.75. The van der Waals surface area contributed by atoms with Crippen LogP contribution in [0.5, 0.6) is 5.75 Å². The minimum Gasteiger partial charge on any atom is -0.455 e. The van der Waals surface area contributed by atoms with Crippen molar-refractivity contribution in [1.82, 2.24) is 5.32 Å². The fourth-order valence-electron chi connectivity index (χ4n) is 1.88. The second-order valence-corrected chi connectivity index (χ2v) is 4.69. The van der Waals surface area contributed by atoms with E-state index in [9.17, 15) is 13.2 Å². The molecule has 0 unspecified atom stereocenters. The summed E-state index contributed by atoms with van der Waals surface area (Å²) in [4.78, 5) is 0. The van der Waals surface area contributed by atoms with Gasteiger partial charge in [0.2, 0.25) is 0 Å². The van der Waals surface area contributed by atoms with Gasteiger partial charge >= 0.3 is 6.18 Å². The standard InChI is InChI=1S/C17H16F3NO/c1-12(21-2)16(13-6-4-3-5-7-13)22-15-10-8-14(9-11-15)17(18,19)20/h3-11,21H,1-2H3/b16-12+. The van der Waals surface area contributed by atoms with Crippen LogP contribution in [0.25, 0.3) is 5.76 Å². The summed E-state index contributed by atoms with van der Waals surface area (Å²) in [5.74, 6) is 0.921. The smallest absolute Gasteiger partial charge is 0.416 e. The van der Waals surface area contributed by atoms with Gasteiger partial charge in [0, 0.05) is 12.6 Å². The van der Waals surface area contributed by atoms with Crippen molar-refractivity contribution >= 4 is 5.76 Å². The first-order valence-corrected chi connectivity index (χ1v) is 6.71. The average molecular weight is 307 g/mol. The minimum atomic E-state index is -4.35. The van der Waals surface area contributed by atoms with Crippen molar-refractivity contribution in [3.05, 3.63) is 71.4 Å². The maximum absolute atomic E-state index is 12.6. The van der Waals surface area contributed by atoms with Crippen molar-refractivity contribution < 1.29 is 17.9 Å². The molecule has 0 amide bonds. The predicted octanol–water partition coefficient (Wildman–Crippen LogP) is 4.69. The van der Waals surface area contributed by atoms with Crippen LogP contribution < -0.4 is 10.1 Å². The van der Waals surface area contributed by atoms with Gasteiger partial charge in [-0.3, -0.25) is 0 Å². The molecule has 0 aliphatic rings. The first kappa shape index (κ1) is 15.9. The fraction of sp³-hybridized carbons (Fsp3) is 0.176. The normalized spacial score (nSPS) is 12.6. The lowest BCUT2D eigenvalue weighted by Crippen LogP contribution is -2.09. The van der Waals surface area contributed by atoms with Crippen molar-refractivity contribution in [2.75, 3.05) is 7.05 Å². The molecule has 2 aromatic carbocycles. The molecule has 2 nitrogen and oxygen atoms in total.